The third kappa shape index (κ3) is 3.82. The molecule has 142 valence electrons. The fraction of sp³-hybridized carbons (Fsp3) is 0.400. The number of carbonyl (C=O) groups is 2. The summed E-state index contributed by atoms with van der Waals surface area (Å²) in [5.74, 6) is -2.25. The standard InChI is InChI=1S/C15H16F3N3O4S/c1-4-25-9-5-6-10-11(7-9)26-13(19-10)21-14(12(23)24-3,15(16,17)18)20-8(2)22/h5-7H,4H2,1-3H3,(H,19,21)(H,20,22)/t14-/m1/s1. The van der Waals surface area contributed by atoms with Crippen LogP contribution in [0.5, 0.6) is 5.75 Å². The molecule has 0 unspecified atom stereocenters. The molecule has 0 saturated carbocycles. The van der Waals surface area contributed by atoms with Crippen molar-refractivity contribution in [1.29, 1.82) is 0 Å². The second-order valence-corrected chi connectivity index (χ2v) is 6.16. The molecule has 2 N–H and O–H groups in total. The zero-order valence-electron chi connectivity index (χ0n) is 14.1. The summed E-state index contributed by atoms with van der Waals surface area (Å²) in [4.78, 5) is 27.3. The van der Waals surface area contributed by atoms with Gasteiger partial charge in [-0.25, -0.2) is 9.78 Å². The van der Waals surface area contributed by atoms with Crippen molar-refractivity contribution in [3.63, 3.8) is 0 Å². The maximum atomic E-state index is 13.7. The minimum Gasteiger partial charge on any atom is -0.494 e. The van der Waals surface area contributed by atoms with Gasteiger partial charge in [-0.3, -0.25) is 4.79 Å². The van der Waals surface area contributed by atoms with Gasteiger partial charge in [0, 0.05) is 6.92 Å². The molecule has 0 spiro atoms. The quantitative estimate of drug-likeness (QED) is 0.581. The van der Waals surface area contributed by atoms with E-state index >= 15 is 0 Å². The Labute approximate surface area is 150 Å². The first kappa shape index (κ1) is 19.8. The Morgan fingerprint density at radius 3 is 2.54 bits per heavy atom. The number of hydrogen-bond donors (Lipinski definition) is 2. The molecule has 0 aliphatic carbocycles. The summed E-state index contributed by atoms with van der Waals surface area (Å²) < 4.78 is 51.1. The number of rotatable bonds is 6. The third-order valence-electron chi connectivity index (χ3n) is 3.25. The highest BCUT2D eigenvalue weighted by Crippen LogP contribution is 2.36. The highest BCUT2D eigenvalue weighted by atomic mass is 32.1. The van der Waals surface area contributed by atoms with Crippen molar-refractivity contribution in [1.82, 2.24) is 10.3 Å². The number of alkyl halides is 3. The van der Waals surface area contributed by atoms with Crippen molar-refractivity contribution < 1.29 is 32.2 Å². The van der Waals surface area contributed by atoms with Gasteiger partial charge in [0.25, 0.3) is 0 Å². The molecule has 1 atom stereocenters. The number of nitrogens with one attached hydrogen (secondary N) is 2. The average Bonchev–Trinajstić information content (AvgIpc) is 2.93. The van der Waals surface area contributed by atoms with Crippen LogP contribution in [0.4, 0.5) is 18.3 Å². The van der Waals surface area contributed by atoms with Crippen molar-refractivity contribution in [2.75, 3.05) is 19.0 Å². The molecule has 0 aliphatic heterocycles. The number of ether oxygens (including phenoxy) is 2. The topological polar surface area (TPSA) is 89.5 Å². The molecule has 0 aliphatic rings. The maximum Gasteiger partial charge on any atom is 0.442 e. The molecule has 0 fully saturated rings. The fourth-order valence-corrected chi connectivity index (χ4v) is 3.13. The summed E-state index contributed by atoms with van der Waals surface area (Å²) in [5, 5.41) is 3.37. The van der Waals surface area contributed by atoms with Gasteiger partial charge in [0.05, 0.1) is 23.9 Å². The molecule has 1 heterocycles. The van der Waals surface area contributed by atoms with Crippen molar-refractivity contribution in [2.24, 2.45) is 0 Å². The number of carbonyl (C=O) groups excluding carboxylic acids is 2. The molecule has 26 heavy (non-hydrogen) atoms. The minimum absolute atomic E-state index is 0.217. The van der Waals surface area contributed by atoms with Crippen LogP contribution < -0.4 is 15.4 Å². The van der Waals surface area contributed by atoms with E-state index in [-0.39, 0.29) is 5.13 Å². The second-order valence-electron chi connectivity index (χ2n) is 5.13. The second kappa shape index (κ2) is 7.36. The van der Waals surface area contributed by atoms with E-state index in [1.165, 1.54) is 0 Å². The number of nitrogens with zero attached hydrogens (tertiary/aromatic N) is 1. The van der Waals surface area contributed by atoms with Crippen LogP contribution in [0.3, 0.4) is 0 Å². The highest BCUT2D eigenvalue weighted by molar-refractivity contribution is 7.22. The van der Waals surface area contributed by atoms with E-state index in [1.54, 1.807) is 30.4 Å². The Hall–Kier alpha value is -2.56. The van der Waals surface area contributed by atoms with Gasteiger partial charge < -0.3 is 20.1 Å². The number of benzene rings is 1. The van der Waals surface area contributed by atoms with Crippen LogP contribution in [0, 0.1) is 0 Å². The van der Waals surface area contributed by atoms with E-state index in [9.17, 15) is 22.8 Å². The largest absolute Gasteiger partial charge is 0.494 e. The first-order valence-corrected chi connectivity index (χ1v) is 8.20. The van der Waals surface area contributed by atoms with Gasteiger partial charge in [-0.2, -0.15) is 13.2 Å². The van der Waals surface area contributed by atoms with Crippen molar-refractivity contribution >= 4 is 38.6 Å². The number of hydrogen-bond acceptors (Lipinski definition) is 7. The molecular weight excluding hydrogens is 375 g/mol. The van der Waals surface area contributed by atoms with Crippen LogP contribution in [0.2, 0.25) is 0 Å². The van der Waals surface area contributed by atoms with Gasteiger partial charge >= 0.3 is 17.8 Å². The Morgan fingerprint density at radius 1 is 1.31 bits per heavy atom. The van der Waals surface area contributed by atoms with Crippen LogP contribution in [-0.2, 0) is 14.3 Å². The lowest BCUT2D eigenvalue weighted by Crippen LogP contribution is -2.69. The van der Waals surface area contributed by atoms with E-state index in [0.29, 0.717) is 22.6 Å². The SMILES string of the molecule is CCOc1ccc2nc(N[C@](NC(C)=O)(C(=O)OC)C(F)(F)F)sc2c1. The maximum absolute atomic E-state index is 13.7. The Kier molecular flexibility index (Phi) is 5.59. The molecule has 1 aromatic carbocycles. The van der Waals surface area contributed by atoms with E-state index in [2.05, 4.69) is 9.72 Å². The summed E-state index contributed by atoms with van der Waals surface area (Å²) in [6, 6.07) is 4.82. The number of methoxy groups -OCH3 is 1. The van der Waals surface area contributed by atoms with Crippen molar-refractivity contribution in [3.8, 4) is 5.75 Å². The van der Waals surface area contributed by atoms with Gasteiger partial charge in [0.1, 0.15) is 5.75 Å². The highest BCUT2D eigenvalue weighted by Gasteiger charge is 2.63. The summed E-state index contributed by atoms with van der Waals surface area (Å²) in [5.41, 5.74) is -3.05. The number of fused-ring (bicyclic) bond motifs is 1. The minimum atomic E-state index is -5.18. The molecule has 2 aromatic rings. The first-order valence-electron chi connectivity index (χ1n) is 7.38. The lowest BCUT2D eigenvalue weighted by atomic mass is 10.1. The van der Waals surface area contributed by atoms with Gasteiger partial charge in [-0.05, 0) is 25.1 Å². The van der Waals surface area contributed by atoms with Gasteiger partial charge in [0.15, 0.2) is 5.13 Å². The average molecular weight is 391 g/mol. The lowest BCUT2D eigenvalue weighted by molar-refractivity contribution is -0.206. The predicted molar refractivity (Wildman–Crippen MR) is 89.0 cm³/mol. The fourth-order valence-electron chi connectivity index (χ4n) is 2.18. The normalized spacial score (nSPS) is 13.8. The molecule has 1 aromatic heterocycles. The van der Waals surface area contributed by atoms with Crippen molar-refractivity contribution in [3.05, 3.63) is 18.2 Å². The van der Waals surface area contributed by atoms with Gasteiger partial charge in [-0.1, -0.05) is 11.3 Å². The van der Waals surface area contributed by atoms with Crippen molar-refractivity contribution in [2.45, 2.75) is 25.7 Å². The van der Waals surface area contributed by atoms with E-state index in [0.717, 1.165) is 25.4 Å². The van der Waals surface area contributed by atoms with E-state index in [4.69, 9.17) is 4.74 Å². The van der Waals surface area contributed by atoms with Gasteiger partial charge in [0.2, 0.25) is 5.91 Å². The first-order chi connectivity index (χ1) is 12.1. The molecular formula is C15H16F3N3O4S. The number of esters is 1. The molecule has 0 radical (unpaired) electrons. The molecule has 7 nitrogen and oxygen atoms in total. The summed E-state index contributed by atoms with van der Waals surface area (Å²) in [6.07, 6.45) is -5.18. The van der Waals surface area contributed by atoms with E-state index < -0.39 is 23.7 Å². The summed E-state index contributed by atoms with van der Waals surface area (Å²) >= 11 is 0.874. The number of anilines is 1. The monoisotopic (exact) mass is 391 g/mol. The smallest absolute Gasteiger partial charge is 0.442 e. The van der Waals surface area contributed by atoms with Crippen LogP contribution in [0.25, 0.3) is 10.2 Å². The van der Waals surface area contributed by atoms with Crippen LogP contribution in [-0.4, -0.2) is 42.4 Å². The van der Waals surface area contributed by atoms with E-state index in [1.807, 2.05) is 5.32 Å². The van der Waals surface area contributed by atoms with Gasteiger partial charge in [-0.15, -0.1) is 0 Å². The Bertz CT molecular complexity index is 824. The zero-order valence-corrected chi connectivity index (χ0v) is 14.9. The third-order valence-corrected chi connectivity index (χ3v) is 4.18. The molecule has 0 saturated heterocycles. The lowest BCUT2D eigenvalue weighted by Gasteiger charge is -2.33. The van der Waals surface area contributed by atoms with Crippen LogP contribution in [0.15, 0.2) is 18.2 Å². The summed E-state index contributed by atoms with van der Waals surface area (Å²) in [7, 11) is 0.791. The number of halogens is 3. The molecule has 2 rings (SSSR count). The molecule has 11 heteroatoms. The van der Waals surface area contributed by atoms with Crippen LogP contribution >= 0.6 is 11.3 Å². The summed E-state index contributed by atoms with van der Waals surface area (Å²) in [6.45, 7) is 3.08. The number of amides is 1. The predicted octanol–water partition coefficient (Wildman–Crippen LogP) is 2.67. The zero-order chi connectivity index (χ0) is 19.5. The molecule has 1 amide bonds. The van der Waals surface area contributed by atoms with Crippen LogP contribution in [0.1, 0.15) is 13.8 Å². The molecule has 0 bridgehead atoms. The Morgan fingerprint density at radius 2 is 2.00 bits per heavy atom. The Balaban J connectivity index is 2.48. The number of thiazole rings is 1. The number of aromatic nitrogens is 1.